The van der Waals surface area contributed by atoms with Gasteiger partial charge in [-0.2, -0.15) is 15.1 Å². The minimum atomic E-state index is -2.72. The standard InChI is InChI=1S/C19H18ClF2N7O4S/c1-29-8-24-16(27-29)13-10(20)5-4-9-11(6-23-14(9)13)34(30)28-19-25-17(31-2)15(18(26-19)32-3)33-7-12(21)22/h4-6,8,12,23H,7H2,1-3H3,(H,25,26,28). The number of aryl methyl sites for hydroxylation is 1. The van der Waals surface area contributed by atoms with Crippen molar-refractivity contribution in [1.29, 1.82) is 0 Å². The van der Waals surface area contributed by atoms with Crippen LogP contribution in [0.4, 0.5) is 14.7 Å². The van der Waals surface area contributed by atoms with E-state index in [4.69, 9.17) is 25.8 Å². The summed E-state index contributed by atoms with van der Waals surface area (Å²) in [5, 5.41) is 5.31. The third-order valence-electron chi connectivity index (χ3n) is 4.52. The van der Waals surface area contributed by atoms with E-state index in [1.807, 2.05) is 0 Å². The summed E-state index contributed by atoms with van der Waals surface area (Å²) < 4.78 is 57.7. The van der Waals surface area contributed by atoms with Crippen molar-refractivity contribution in [2.45, 2.75) is 11.3 Å². The lowest BCUT2D eigenvalue weighted by atomic mass is 10.1. The normalized spacial score (nSPS) is 12.2. The maximum absolute atomic E-state index is 13.1. The Labute approximate surface area is 199 Å². The Bertz CT molecular complexity index is 1340. The number of aromatic amines is 1. The Morgan fingerprint density at radius 3 is 2.53 bits per heavy atom. The molecular formula is C19H18ClF2N7O4S. The molecule has 1 aromatic carbocycles. The van der Waals surface area contributed by atoms with Gasteiger partial charge < -0.3 is 19.2 Å². The van der Waals surface area contributed by atoms with Crippen LogP contribution in [0.15, 0.2) is 29.6 Å². The van der Waals surface area contributed by atoms with E-state index in [0.29, 0.717) is 32.2 Å². The molecule has 34 heavy (non-hydrogen) atoms. The molecule has 180 valence electrons. The van der Waals surface area contributed by atoms with Crippen LogP contribution in [0.1, 0.15) is 0 Å². The Kier molecular flexibility index (Phi) is 6.79. The number of rotatable bonds is 9. The fourth-order valence-corrected chi connectivity index (χ4v) is 4.26. The molecule has 0 aliphatic carbocycles. The molecule has 0 aliphatic rings. The highest BCUT2D eigenvalue weighted by Crippen LogP contribution is 2.37. The number of alkyl halides is 2. The van der Waals surface area contributed by atoms with Crippen LogP contribution in [0.5, 0.6) is 17.5 Å². The maximum Gasteiger partial charge on any atom is 0.272 e. The van der Waals surface area contributed by atoms with Gasteiger partial charge in [-0.05, 0) is 6.07 Å². The highest BCUT2D eigenvalue weighted by atomic mass is 35.5. The number of methoxy groups -OCH3 is 2. The van der Waals surface area contributed by atoms with Gasteiger partial charge in [-0.1, -0.05) is 17.7 Å². The zero-order valence-electron chi connectivity index (χ0n) is 18.0. The number of fused-ring (bicyclic) bond motifs is 1. The second-order valence-electron chi connectivity index (χ2n) is 6.71. The van der Waals surface area contributed by atoms with E-state index in [1.165, 1.54) is 14.2 Å². The SMILES string of the molecule is COc1nc(NS(=O)c2c[nH]c3c(-c4ncn(C)n4)c(Cl)ccc23)nc(OC)c1OCC(F)F. The van der Waals surface area contributed by atoms with Crippen molar-refractivity contribution < 1.29 is 27.2 Å². The summed E-state index contributed by atoms with van der Waals surface area (Å²) in [5.41, 5.74) is 1.15. The first-order chi connectivity index (χ1) is 16.3. The molecule has 1 atom stereocenters. The number of hydrogen-bond acceptors (Lipinski definition) is 8. The molecule has 0 bridgehead atoms. The molecule has 4 aromatic rings. The first-order valence-corrected chi connectivity index (χ1v) is 11.1. The Balaban J connectivity index is 1.67. The molecule has 3 heterocycles. The van der Waals surface area contributed by atoms with Crippen LogP contribution in [-0.4, -0.2) is 61.2 Å². The van der Waals surface area contributed by atoms with Crippen molar-refractivity contribution >= 4 is 39.4 Å². The second kappa shape index (κ2) is 9.77. The van der Waals surface area contributed by atoms with Gasteiger partial charge in [0.05, 0.1) is 35.2 Å². The Morgan fingerprint density at radius 1 is 1.24 bits per heavy atom. The van der Waals surface area contributed by atoms with Gasteiger partial charge in [-0.3, -0.25) is 9.40 Å². The molecule has 0 aliphatic heterocycles. The smallest absolute Gasteiger partial charge is 0.272 e. The number of benzene rings is 1. The van der Waals surface area contributed by atoms with E-state index in [9.17, 15) is 13.0 Å². The molecular weight excluding hydrogens is 496 g/mol. The Morgan fingerprint density at radius 2 is 1.94 bits per heavy atom. The van der Waals surface area contributed by atoms with Gasteiger partial charge >= 0.3 is 0 Å². The molecule has 15 heteroatoms. The fourth-order valence-electron chi connectivity index (χ4n) is 3.11. The van der Waals surface area contributed by atoms with Gasteiger partial charge in [0.1, 0.15) is 12.9 Å². The lowest BCUT2D eigenvalue weighted by molar-refractivity contribution is 0.0781. The highest BCUT2D eigenvalue weighted by Gasteiger charge is 2.22. The zero-order valence-corrected chi connectivity index (χ0v) is 19.6. The molecule has 0 amide bonds. The van der Waals surface area contributed by atoms with E-state index < -0.39 is 24.0 Å². The van der Waals surface area contributed by atoms with Crippen LogP contribution in [0.2, 0.25) is 5.02 Å². The molecule has 0 saturated heterocycles. The van der Waals surface area contributed by atoms with Crippen LogP contribution in [0.25, 0.3) is 22.3 Å². The fraction of sp³-hybridized carbons (Fsp3) is 0.263. The van der Waals surface area contributed by atoms with Gasteiger partial charge in [0.25, 0.3) is 18.2 Å². The quantitative estimate of drug-likeness (QED) is 0.349. The van der Waals surface area contributed by atoms with Crippen molar-refractivity contribution in [2.24, 2.45) is 7.05 Å². The summed E-state index contributed by atoms with van der Waals surface area (Å²) in [4.78, 5) is 15.8. The van der Waals surface area contributed by atoms with Crippen LogP contribution in [0, 0.1) is 0 Å². The van der Waals surface area contributed by atoms with Crippen molar-refractivity contribution in [3.8, 4) is 28.9 Å². The zero-order chi connectivity index (χ0) is 24.4. The second-order valence-corrected chi connectivity index (χ2v) is 8.30. The summed E-state index contributed by atoms with van der Waals surface area (Å²) in [6.45, 7) is -0.903. The summed E-state index contributed by atoms with van der Waals surface area (Å²) in [5.74, 6) is -0.257. The van der Waals surface area contributed by atoms with E-state index in [0.717, 1.165) is 0 Å². The van der Waals surface area contributed by atoms with Crippen LogP contribution < -0.4 is 18.9 Å². The van der Waals surface area contributed by atoms with Crippen molar-refractivity contribution in [3.05, 3.63) is 29.7 Å². The molecule has 4 rings (SSSR count). The van der Waals surface area contributed by atoms with Crippen LogP contribution >= 0.6 is 11.6 Å². The number of ether oxygens (including phenoxy) is 3. The number of H-pyrrole nitrogens is 1. The molecule has 11 nitrogen and oxygen atoms in total. The van der Waals surface area contributed by atoms with Gasteiger partial charge in [-0.25, -0.2) is 18.0 Å². The largest absolute Gasteiger partial charge is 0.478 e. The molecule has 0 radical (unpaired) electrons. The molecule has 0 spiro atoms. The molecule has 2 N–H and O–H groups in total. The number of anilines is 1. The molecule has 3 aromatic heterocycles. The number of nitrogens with one attached hydrogen (secondary N) is 2. The lowest BCUT2D eigenvalue weighted by Crippen LogP contribution is -2.13. The first-order valence-electron chi connectivity index (χ1n) is 9.57. The topological polar surface area (TPSA) is 129 Å². The van der Waals surface area contributed by atoms with Gasteiger partial charge in [-0.15, -0.1) is 0 Å². The van der Waals surface area contributed by atoms with Gasteiger partial charge in [0, 0.05) is 18.6 Å². The number of halogens is 3. The van der Waals surface area contributed by atoms with Gasteiger partial charge in [0.15, 0.2) is 16.8 Å². The number of aromatic nitrogens is 6. The number of nitrogens with zero attached hydrogens (tertiary/aromatic N) is 5. The van der Waals surface area contributed by atoms with E-state index in [2.05, 4.69) is 29.8 Å². The minimum Gasteiger partial charge on any atom is -0.478 e. The maximum atomic E-state index is 13.1. The van der Waals surface area contributed by atoms with Gasteiger partial charge in [0.2, 0.25) is 11.7 Å². The molecule has 0 saturated carbocycles. The van der Waals surface area contributed by atoms with Crippen molar-refractivity contribution in [2.75, 3.05) is 25.5 Å². The lowest BCUT2D eigenvalue weighted by Gasteiger charge is -2.14. The monoisotopic (exact) mass is 513 g/mol. The predicted octanol–water partition coefficient (Wildman–Crippen LogP) is 3.20. The first kappa shape index (κ1) is 23.6. The summed E-state index contributed by atoms with van der Waals surface area (Å²) in [7, 11) is 2.43. The average molecular weight is 514 g/mol. The summed E-state index contributed by atoms with van der Waals surface area (Å²) in [6.07, 6.45) is 0.368. The van der Waals surface area contributed by atoms with Crippen LogP contribution in [-0.2, 0) is 18.0 Å². The third-order valence-corrected chi connectivity index (χ3v) is 5.94. The predicted molar refractivity (Wildman–Crippen MR) is 120 cm³/mol. The van der Waals surface area contributed by atoms with E-state index in [1.54, 1.807) is 36.4 Å². The summed E-state index contributed by atoms with van der Waals surface area (Å²) >= 11 is 6.39. The number of hydrogen-bond donors (Lipinski definition) is 2. The average Bonchev–Trinajstić information content (AvgIpc) is 3.43. The molecule has 1 unspecified atom stereocenters. The minimum absolute atomic E-state index is 0.133. The van der Waals surface area contributed by atoms with Crippen molar-refractivity contribution in [1.82, 2.24) is 29.7 Å². The van der Waals surface area contributed by atoms with Crippen LogP contribution in [0.3, 0.4) is 0 Å². The van der Waals surface area contributed by atoms with Crippen molar-refractivity contribution in [3.63, 3.8) is 0 Å². The van der Waals surface area contributed by atoms with E-state index in [-0.39, 0.29) is 23.5 Å². The highest BCUT2D eigenvalue weighted by molar-refractivity contribution is 7.86. The van der Waals surface area contributed by atoms with E-state index >= 15 is 0 Å². The Hall–Kier alpha value is -3.52. The third kappa shape index (κ3) is 4.59. The molecule has 0 fully saturated rings. The summed E-state index contributed by atoms with van der Waals surface area (Å²) in [6, 6.07) is 3.36.